The zero-order valence-corrected chi connectivity index (χ0v) is 15.9. The second kappa shape index (κ2) is 7.10. The van der Waals surface area contributed by atoms with E-state index in [9.17, 15) is 9.18 Å². The number of nitrogens with zero attached hydrogens (tertiary/aromatic N) is 3. The molecule has 1 fully saturated rings. The zero-order chi connectivity index (χ0) is 19.8. The summed E-state index contributed by atoms with van der Waals surface area (Å²) in [5.74, 6) is 0.251. The molecule has 1 saturated heterocycles. The molecule has 2 atom stereocenters. The van der Waals surface area contributed by atoms with Crippen molar-refractivity contribution in [2.75, 3.05) is 13.7 Å². The fraction of sp³-hybridized carbons (Fsp3) is 0.350. The minimum absolute atomic E-state index is 0.0336. The number of imidazole rings is 1. The number of methoxy groups -OCH3 is 1. The number of aryl methyl sites for hydroxylation is 1. The number of benzene rings is 1. The summed E-state index contributed by atoms with van der Waals surface area (Å²) in [7, 11) is 3.29. The first-order valence-corrected chi connectivity index (χ1v) is 9.05. The Bertz CT molecular complexity index is 1050. The van der Waals surface area contributed by atoms with Crippen LogP contribution in [0, 0.1) is 11.7 Å². The van der Waals surface area contributed by atoms with E-state index < -0.39 is 5.82 Å². The van der Waals surface area contributed by atoms with Gasteiger partial charge in [-0.05, 0) is 31.2 Å². The number of amides is 1. The molecule has 1 aliphatic rings. The molecule has 0 spiro atoms. The van der Waals surface area contributed by atoms with E-state index in [-0.39, 0.29) is 23.7 Å². The van der Waals surface area contributed by atoms with Crippen molar-refractivity contribution >= 4 is 16.9 Å². The van der Waals surface area contributed by atoms with Crippen LogP contribution in [-0.2, 0) is 11.8 Å². The van der Waals surface area contributed by atoms with Crippen molar-refractivity contribution in [3.63, 3.8) is 0 Å². The van der Waals surface area contributed by atoms with E-state index >= 15 is 0 Å². The first-order valence-electron chi connectivity index (χ1n) is 9.05. The Labute approximate surface area is 161 Å². The average Bonchev–Trinajstić information content (AvgIpc) is 3.28. The fourth-order valence-corrected chi connectivity index (χ4v) is 3.42. The molecule has 1 aromatic carbocycles. The van der Waals surface area contributed by atoms with Crippen LogP contribution in [0.5, 0.6) is 11.6 Å². The van der Waals surface area contributed by atoms with Crippen molar-refractivity contribution in [2.45, 2.75) is 19.4 Å². The van der Waals surface area contributed by atoms with Gasteiger partial charge in [-0.15, -0.1) is 0 Å². The van der Waals surface area contributed by atoms with Crippen LogP contribution in [0.15, 0.2) is 30.6 Å². The number of halogens is 1. The van der Waals surface area contributed by atoms with Gasteiger partial charge in [0, 0.05) is 31.5 Å². The molecule has 1 amide bonds. The molecule has 8 heteroatoms. The molecule has 146 valence electrons. The van der Waals surface area contributed by atoms with Crippen molar-refractivity contribution in [3.8, 4) is 22.9 Å². The predicted octanol–water partition coefficient (Wildman–Crippen LogP) is 2.69. The monoisotopic (exact) mass is 384 g/mol. The summed E-state index contributed by atoms with van der Waals surface area (Å²) in [6.07, 6.45) is 1.92. The molecule has 2 aromatic heterocycles. The van der Waals surface area contributed by atoms with Crippen molar-refractivity contribution in [1.82, 2.24) is 19.9 Å². The third-order valence-electron chi connectivity index (χ3n) is 5.08. The van der Waals surface area contributed by atoms with Crippen molar-refractivity contribution in [1.29, 1.82) is 0 Å². The lowest BCUT2D eigenvalue weighted by atomic mass is 10.0. The third-order valence-corrected chi connectivity index (χ3v) is 5.08. The van der Waals surface area contributed by atoms with Gasteiger partial charge < -0.3 is 19.4 Å². The molecule has 0 bridgehead atoms. The highest BCUT2D eigenvalue weighted by atomic mass is 19.1. The van der Waals surface area contributed by atoms with E-state index in [2.05, 4.69) is 15.3 Å². The number of carbonyl (C=O) groups excluding carboxylic acids is 1. The summed E-state index contributed by atoms with van der Waals surface area (Å²) in [6, 6.07) is 6.42. The van der Waals surface area contributed by atoms with Gasteiger partial charge in [-0.25, -0.2) is 14.4 Å². The van der Waals surface area contributed by atoms with Gasteiger partial charge in [-0.3, -0.25) is 4.79 Å². The van der Waals surface area contributed by atoms with Crippen LogP contribution in [0.4, 0.5) is 4.39 Å². The van der Waals surface area contributed by atoms with Gasteiger partial charge in [-0.2, -0.15) is 0 Å². The minimum Gasteiger partial charge on any atom is -0.494 e. The van der Waals surface area contributed by atoms with E-state index in [1.807, 2.05) is 24.6 Å². The summed E-state index contributed by atoms with van der Waals surface area (Å²) in [5.41, 5.74) is 2.79. The molecular formula is C20H21FN4O3. The number of hydrogen-bond donors (Lipinski definition) is 1. The molecular weight excluding hydrogens is 363 g/mol. The lowest BCUT2D eigenvalue weighted by Gasteiger charge is -2.20. The number of pyridine rings is 1. The van der Waals surface area contributed by atoms with Crippen molar-refractivity contribution in [2.24, 2.45) is 13.0 Å². The second-order valence-electron chi connectivity index (χ2n) is 6.98. The van der Waals surface area contributed by atoms with Gasteiger partial charge in [0.05, 0.1) is 24.6 Å². The van der Waals surface area contributed by atoms with Crippen LogP contribution < -0.4 is 14.8 Å². The van der Waals surface area contributed by atoms with Gasteiger partial charge in [0.25, 0.3) is 0 Å². The lowest BCUT2D eigenvalue weighted by molar-refractivity contribution is -0.119. The molecule has 1 unspecified atom stereocenters. The Balaban J connectivity index is 1.75. The van der Waals surface area contributed by atoms with Crippen LogP contribution in [0.3, 0.4) is 0 Å². The van der Waals surface area contributed by atoms with E-state index in [1.54, 1.807) is 18.5 Å². The van der Waals surface area contributed by atoms with Crippen molar-refractivity contribution < 1.29 is 18.7 Å². The molecule has 0 radical (unpaired) electrons. The van der Waals surface area contributed by atoms with E-state index in [1.165, 1.54) is 13.2 Å². The Morgan fingerprint density at radius 3 is 2.89 bits per heavy atom. The number of hydrogen-bond acceptors (Lipinski definition) is 5. The fourth-order valence-electron chi connectivity index (χ4n) is 3.42. The molecule has 28 heavy (non-hydrogen) atoms. The molecule has 4 rings (SSSR count). The largest absolute Gasteiger partial charge is 0.494 e. The average molecular weight is 384 g/mol. The maximum atomic E-state index is 13.8. The predicted molar refractivity (Wildman–Crippen MR) is 102 cm³/mol. The highest BCUT2D eigenvalue weighted by Crippen LogP contribution is 2.32. The first kappa shape index (κ1) is 18.2. The Morgan fingerprint density at radius 1 is 1.36 bits per heavy atom. The summed E-state index contributed by atoms with van der Waals surface area (Å²) >= 11 is 0. The molecule has 3 heterocycles. The molecule has 3 aromatic rings. The SMILES string of the molecule is COc1cc(-c2cc3ncn(C)c3c(O[C@H](C)C3CNC(=O)C3)n2)ccc1F. The number of rotatable bonds is 5. The zero-order valence-electron chi connectivity index (χ0n) is 15.9. The summed E-state index contributed by atoms with van der Waals surface area (Å²) in [5, 5.41) is 2.83. The summed E-state index contributed by atoms with van der Waals surface area (Å²) in [6.45, 7) is 2.52. The van der Waals surface area contributed by atoms with Gasteiger partial charge in [-0.1, -0.05) is 0 Å². The Kier molecular flexibility index (Phi) is 4.62. The highest BCUT2D eigenvalue weighted by Gasteiger charge is 2.29. The second-order valence-corrected chi connectivity index (χ2v) is 6.98. The molecule has 0 aliphatic carbocycles. The normalized spacial score (nSPS) is 17.6. The Morgan fingerprint density at radius 2 is 2.18 bits per heavy atom. The molecule has 1 N–H and O–H groups in total. The third kappa shape index (κ3) is 3.26. The van der Waals surface area contributed by atoms with E-state index in [0.717, 1.165) is 11.0 Å². The summed E-state index contributed by atoms with van der Waals surface area (Å²) < 4.78 is 26.9. The number of carbonyl (C=O) groups is 1. The van der Waals surface area contributed by atoms with Crippen LogP contribution in [0.1, 0.15) is 13.3 Å². The topological polar surface area (TPSA) is 78.3 Å². The van der Waals surface area contributed by atoms with Crippen LogP contribution >= 0.6 is 0 Å². The van der Waals surface area contributed by atoms with Gasteiger partial charge in [0.15, 0.2) is 11.6 Å². The molecule has 0 saturated carbocycles. The lowest BCUT2D eigenvalue weighted by Crippen LogP contribution is -2.26. The Hall–Kier alpha value is -3.16. The van der Waals surface area contributed by atoms with E-state index in [4.69, 9.17) is 9.47 Å². The minimum atomic E-state index is -0.436. The first-order chi connectivity index (χ1) is 13.5. The maximum absolute atomic E-state index is 13.8. The molecule has 1 aliphatic heterocycles. The summed E-state index contributed by atoms with van der Waals surface area (Å²) in [4.78, 5) is 20.6. The maximum Gasteiger partial charge on any atom is 0.241 e. The van der Waals surface area contributed by atoms with Crippen LogP contribution in [0.2, 0.25) is 0 Å². The van der Waals surface area contributed by atoms with Crippen LogP contribution in [0.25, 0.3) is 22.3 Å². The number of aromatic nitrogens is 3. The van der Waals surface area contributed by atoms with Gasteiger partial charge >= 0.3 is 0 Å². The highest BCUT2D eigenvalue weighted by molar-refractivity contribution is 5.84. The number of fused-ring (bicyclic) bond motifs is 1. The van der Waals surface area contributed by atoms with Crippen molar-refractivity contribution in [3.05, 3.63) is 36.4 Å². The van der Waals surface area contributed by atoms with Gasteiger partial charge in [0.1, 0.15) is 11.6 Å². The number of ether oxygens (including phenoxy) is 2. The number of nitrogens with one attached hydrogen (secondary N) is 1. The van der Waals surface area contributed by atoms with E-state index in [0.29, 0.717) is 30.1 Å². The molecule has 7 nitrogen and oxygen atoms in total. The smallest absolute Gasteiger partial charge is 0.241 e. The quantitative estimate of drug-likeness (QED) is 0.732. The van der Waals surface area contributed by atoms with Crippen LogP contribution in [-0.4, -0.2) is 40.2 Å². The van der Waals surface area contributed by atoms with Gasteiger partial charge in [0.2, 0.25) is 11.8 Å². The standard InChI is InChI=1S/C20H21FN4O3/c1-11(13-7-18(26)22-9-13)28-20-19-16(23-10-25(19)2)8-15(24-20)12-4-5-14(21)17(6-12)27-3/h4-6,8,10-11,13H,7,9H2,1-3H3,(H,22,26)/t11-,13?/m1/s1.